The summed E-state index contributed by atoms with van der Waals surface area (Å²) in [6.45, 7) is 11.8. The molecule has 4 N–H and O–H groups in total. The van der Waals surface area contributed by atoms with E-state index >= 15 is 0 Å². The SMILES string of the molecule is CCCC(NC(=O)C1C(C)C(CCC)CN1C(=O)C(NC(=O)C(NC(=O)c1cnccn1)C1CCCCC1)C(C)(C)C)C(=O)C(=O)NC1CC1. The Morgan fingerprint density at radius 1 is 0.920 bits per heavy atom. The van der Waals surface area contributed by atoms with Gasteiger partial charge in [-0.15, -0.1) is 0 Å². The number of carbonyl (C=O) groups excluding carboxylic acids is 6. The summed E-state index contributed by atoms with van der Waals surface area (Å²) < 4.78 is 0. The van der Waals surface area contributed by atoms with Crippen molar-refractivity contribution < 1.29 is 28.8 Å². The lowest BCUT2D eigenvalue weighted by molar-refractivity contribution is -0.146. The van der Waals surface area contributed by atoms with Crippen molar-refractivity contribution in [3.05, 3.63) is 24.3 Å². The molecule has 3 fully saturated rings. The highest BCUT2D eigenvalue weighted by atomic mass is 16.2. The molecule has 1 aliphatic heterocycles. The predicted octanol–water partition coefficient (Wildman–Crippen LogP) is 3.08. The third-order valence-electron chi connectivity index (χ3n) is 10.5. The van der Waals surface area contributed by atoms with Crippen molar-refractivity contribution >= 4 is 35.3 Å². The highest BCUT2D eigenvalue weighted by Crippen LogP contribution is 2.36. The lowest BCUT2D eigenvalue weighted by Gasteiger charge is -2.38. The maximum atomic E-state index is 14.7. The number of ketones is 1. The van der Waals surface area contributed by atoms with Crippen molar-refractivity contribution in [1.29, 1.82) is 0 Å². The highest BCUT2D eigenvalue weighted by Gasteiger charge is 2.49. The highest BCUT2D eigenvalue weighted by molar-refractivity contribution is 6.38. The molecule has 1 saturated heterocycles. The zero-order valence-electron chi connectivity index (χ0n) is 30.6. The maximum absolute atomic E-state index is 14.7. The Morgan fingerprint density at radius 2 is 1.62 bits per heavy atom. The van der Waals surface area contributed by atoms with Crippen molar-refractivity contribution in [2.75, 3.05) is 6.54 Å². The van der Waals surface area contributed by atoms with Gasteiger partial charge in [-0.05, 0) is 61.7 Å². The lowest BCUT2D eigenvalue weighted by Crippen LogP contribution is -2.62. The average molecular weight is 696 g/mol. The normalized spacial score (nSPS) is 22.9. The van der Waals surface area contributed by atoms with Crippen LogP contribution in [0.25, 0.3) is 0 Å². The van der Waals surface area contributed by atoms with Crippen LogP contribution in [0.1, 0.15) is 123 Å². The number of hydrogen-bond donors (Lipinski definition) is 4. The van der Waals surface area contributed by atoms with Gasteiger partial charge in [0.05, 0.1) is 12.2 Å². The number of amides is 5. The van der Waals surface area contributed by atoms with Gasteiger partial charge in [0.1, 0.15) is 23.8 Å². The molecule has 0 spiro atoms. The molecule has 276 valence electrons. The fourth-order valence-electron chi connectivity index (χ4n) is 7.41. The smallest absolute Gasteiger partial charge is 0.289 e. The summed E-state index contributed by atoms with van der Waals surface area (Å²) in [5.74, 6) is -3.56. The zero-order chi connectivity index (χ0) is 36.6. The van der Waals surface area contributed by atoms with Gasteiger partial charge in [-0.2, -0.15) is 0 Å². The van der Waals surface area contributed by atoms with Gasteiger partial charge >= 0.3 is 0 Å². The van der Waals surface area contributed by atoms with Crippen LogP contribution in [0.4, 0.5) is 0 Å². The fourth-order valence-corrected chi connectivity index (χ4v) is 7.41. The first-order valence-corrected chi connectivity index (χ1v) is 18.6. The Kier molecular flexibility index (Phi) is 13.5. The molecule has 0 radical (unpaired) electrons. The molecule has 0 bridgehead atoms. The van der Waals surface area contributed by atoms with Crippen molar-refractivity contribution in [1.82, 2.24) is 36.1 Å². The molecule has 2 heterocycles. The summed E-state index contributed by atoms with van der Waals surface area (Å²) in [4.78, 5) is 91.6. The van der Waals surface area contributed by atoms with Crippen LogP contribution in [0.2, 0.25) is 0 Å². The number of carbonyl (C=O) groups is 6. The molecule has 5 amide bonds. The van der Waals surface area contributed by atoms with Gasteiger partial charge in [0, 0.05) is 25.0 Å². The molecular weight excluding hydrogens is 638 g/mol. The van der Waals surface area contributed by atoms with E-state index in [9.17, 15) is 28.8 Å². The number of likely N-dealkylation sites (tertiary alicyclic amines) is 1. The minimum absolute atomic E-state index is 0.00443. The van der Waals surface area contributed by atoms with E-state index in [0.717, 1.165) is 57.8 Å². The number of nitrogens with one attached hydrogen (secondary N) is 4. The molecule has 13 nitrogen and oxygen atoms in total. The molecule has 6 atom stereocenters. The van der Waals surface area contributed by atoms with Crippen LogP contribution >= 0.6 is 0 Å². The van der Waals surface area contributed by atoms with E-state index in [1.807, 2.05) is 34.6 Å². The van der Waals surface area contributed by atoms with Gasteiger partial charge in [0.25, 0.3) is 11.8 Å². The first-order chi connectivity index (χ1) is 23.8. The Balaban J connectivity index is 1.58. The largest absolute Gasteiger partial charge is 0.347 e. The molecule has 0 aromatic carbocycles. The number of nitrogens with zero attached hydrogens (tertiary/aromatic N) is 3. The second-order valence-corrected chi connectivity index (χ2v) is 15.6. The first kappa shape index (κ1) is 38.9. The van der Waals surface area contributed by atoms with Gasteiger partial charge < -0.3 is 26.2 Å². The quantitative estimate of drug-likeness (QED) is 0.202. The lowest BCUT2D eigenvalue weighted by atomic mass is 9.82. The molecular formula is C37H57N7O6. The van der Waals surface area contributed by atoms with E-state index in [1.54, 1.807) is 4.90 Å². The Bertz CT molecular complexity index is 1370. The van der Waals surface area contributed by atoms with Crippen LogP contribution < -0.4 is 21.3 Å². The first-order valence-electron chi connectivity index (χ1n) is 18.6. The number of hydrogen-bond acceptors (Lipinski definition) is 8. The molecule has 1 aromatic rings. The van der Waals surface area contributed by atoms with Crippen molar-refractivity contribution in [3.8, 4) is 0 Å². The average Bonchev–Trinajstić information content (AvgIpc) is 3.85. The van der Waals surface area contributed by atoms with Gasteiger partial charge in [0.2, 0.25) is 23.5 Å². The van der Waals surface area contributed by atoms with Crippen LogP contribution in [-0.4, -0.2) is 86.9 Å². The molecule has 2 saturated carbocycles. The van der Waals surface area contributed by atoms with E-state index < -0.39 is 64.9 Å². The van der Waals surface area contributed by atoms with Crippen molar-refractivity contribution in [2.24, 2.45) is 23.2 Å². The minimum Gasteiger partial charge on any atom is -0.347 e. The second-order valence-electron chi connectivity index (χ2n) is 15.6. The van der Waals surface area contributed by atoms with Gasteiger partial charge in [0.15, 0.2) is 0 Å². The monoisotopic (exact) mass is 695 g/mol. The second kappa shape index (κ2) is 17.4. The van der Waals surface area contributed by atoms with E-state index in [0.29, 0.717) is 19.4 Å². The van der Waals surface area contributed by atoms with Crippen molar-refractivity contribution in [3.63, 3.8) is 0 Å². The molecule has 13 heteroatoms. The predicted molar refractivity (Wildman–Crippen MR) is 187 cm³/mol. The van der Waals surface area contributed by atoms with Crippen LogP contribution in [0.5, 0.6) is 0 Å². The Labute approximate surface area is 296 Å². The number of aromatic nitrogens is 2. The van der Waals surface area contributed by atoms with E-state index in [4.69, 9.17) is 0 Å². The van der Waals surface area contributed by atoms with E-state index in [2.05, 4.69) is 38.2 Å². The van der Waals surface area contributed by atoms with E-state index in [-0.39, 0.29) is 29.5 Å². The summed E-state index contributed by atoms with van der Waals surface area (Å²) in [5, 5.41) is 11.5. The number of Topliss-reactive ketones (excluding diaryl/α,β-unsaturated/α-hetero) is 1. The topological polar surface area (TPSA) is 180 Å². The summed E-state index contributed by atoms with van der Waals surface area (Å²) >= 11 is 0. The standard InChI is InChI=1S/C37H57N7O6/c1-7-12-24-21-44(29(22(24)3)34(48)41-26(13-8-2)30(45)35(49)40-25-16-17-25)36(50)31(37(4,5)6)43-33(47)28(23-14-10-9-11-15-23)42-32(46)27-20-38-18-19-39-27/h18-20,22-26,28-29,31H,7-17,21H2,1-6H3,(H,40,49)(H,41,48)(H,42,46)(H,43,47). The van der Waals surface area contributed by atoms with Crippen molar-refractivity contribution in [2.45, 2.75) is 142 Å². The van der Waals surface area contributed by atoms with E-state index in [1.165, 1.54) is 18.6 Å². The summed E-state index contributed by atoms with van der Waals surface area (Å²) in [7, 11) is 0. The summed E-state index contributed by atoms with van der Waals surface area (Å²) in [5.41, 5.74) is -0.663. The van der Waals surface area contributed by atoms with Crippen LogP contribution in [0, 0.1) is 23.2 Å². The van der Waals surface area contributed by atoms with Gasteiger partial charge in [-0.1, -0.05) is 73.6 Å². The van der Waals surface area contributed by atoms with Crippen LogP contribution in [0.3, 0.4) is 0 Å². The molecule has 3 aliphatic rings. The molecule has 1 aromatic heterocycles. The Hall–Kier alpha value is -3.90. The third-order valence-corrected chi connectivity index (χ3v) is 10.5. The van der Waals surface area contributed by atoms with Gasteiger partial charge in [-0.25, -0.2) is 4.98 Å². The maximum Gasteiger partial charge on any atom is 0.289 e. The molecule has 6 unspecified atom stereocenters. The summed E-state index contributed by atoms with van der Waals surface area (Å²) in [6, 6.07) is -3.81. The molecule has 50 heavy (non-hydrogen) atoms. The van der Waals surface area contributed by atoms with Crippen LogP contribution in [-0.2, 0) is 24.0 Å². The third kappa shape index (κ3) is 9.87. The fraction of sp³-hybridized carbons (Fsp3) is 0.730. The number of rotatable bonds is 15. The summed E-state index contributed by atoms with van der Waals surface area (Å²) in [6.07, 6.45) is 12.8. The molecule has 2 aliphatic carbocycles. The van der Waals surface area contributed by atoms with Gasteiger partial charge in [-0.3, -0.25) is 33.8 Å². The van der Waals surface area contributed by atoms with Crippen LogP contribution in [0.15, 0.2) is 18.6 Å². The Morgan fingerprint density at radius 3 is 2.20 bits per heavy atom. The minimum atomic E-state index is -1.02. The zero-order valence-corrected chi connectivity index (χ0v) is 30.6. The molecule has 4 rings (SSSR count).